The van der Waals surface area contributed by atoms with E-state index in [1.54, 1.807) is 4.90 Å². The Bertz CT molecular complexity index is 174. The molecule has 1 saturated heterocycles. The summed E-state index contributed by atoms with van der Waals surface area (Å²) in [7, 11) is 3.99. The quantitative estimate of drug-likeness (QED) is 0.589. The molecule has 70 valence electrons. The summed E-state index contributed by atoms with van der Waals surface area (Å²) in [6.07, 6.45) is -0.854. The third-order valence-electron chi connectivity index (χ3n) is 2.26. The number of likely N-dealkylation sites (N-methyl/N-ethyl adjacent to an activating group) is 1. The lowest BCUT2D eigenvalue weighted by molar-refractivity contribution is -0.146. The Balaban J connectivity index is 2.30. The molecule has 1 aliphatic heterocycles. The van der Waals surface area contributed by atoms with E-state index in [9.17, 15) is 4.79 Å². The molecule has 1 aliphatic rings. The van der Waals surface area contributed by atoms with Gasteiger partial charge in [-0.05, 0) is 21.0 Å². The van der Waals surface area contributed by atoms with Crippen LogP contribution in [0.3, 0.4) is 0 Å². The summed E-state index contributed by atoms with van der Waals surface area (Å²) < 4.78 is 0. The zero-order valence-corrected chi connectivity index (χ0v) is 7.82. The van der Waals surface area contributed by atoms with Crippen molar-refractivity contribution in [2.24, 2.45) is 0 Å². The number of rotatable bonds is 2. The van der Waals surface area contributed by atoms with Crippen LogP contribution in [0.4, 0.5) is 0 Å². The molecule has 0 bridgehead atoms. The summed E-state index contributed by atoms with van der Waals surface area (Å²) in [5.74, 6) is -0.159. The Hall–Kier alpha value is -0.610. The highest BCUT2D eigenvalue weighted by atomic mass is 16.3. The number of carbonyl (C=O) groups is 1. The van der Waals surface area contributed by atoms with Gasteiger partial charge >= 0.3 is 0 Å². The molecule has 0 aliphatic carbocycles. The molecule has 4 nitrogen and oxygen atoms in total. The van der Waals surface area contributed by atoms with Gasteiger partial charge in [-0.2, -0.15) is 0 Å². The SMILES string of the molecule is C[C@H](O)C(=O)N1CC(N(C)C)C1. The van der Waals surface area contributed by atoms with E-state index in [1.807, 2.05) is 14.1 Å². The standard InChI is InChI=1S/C8H16N2O2/c1-6(11)8(12)10-4-7(5-10)9(2)3/h6-7,11H,4-5H2,1-3H3/t6-/m0/s1. The van der Waals surface area contributed by atoms with E-state index in [4.69, 9.17) is 5.11 Å². The zero-order valence-electron chi connectivity index (χ0n) is 7.82. The predicted molar refractivity (Wildman–Crippen MR) is 45.7 cm³/mol. The van der Waals surface area contributed by atoms with E-state index in [1.165, 1.54) is 6.92 Å². The fourth-order valence-electron chi connectivity index (χ4n) is 1.23. The molecule has 0 saturated carbocycles. The maximum absolute atomic E-state index is 11.2. The van der Waals surface area contributed by atoms with Crippen LogP contribution in [0.1, 0.15) is 6.92 Å². The molecule has 0 aromatic rings. The molecule has 1 rings (SSSR count). The van der Waals surface area contributed by atoms with E-state index < -0.39 is 6.10 Å². The molecule has 1 amide bonds. The lowest BCUT2D eigenvalue weighted by Gasteiger charge is -2.43. The first-order valence-corrected chi connectivity index (χ1v) is 4.15. The minimum Gasteiger partial charge on any atom is -0.384 e. The molecule has 1 heterocycles. The van der Waals surface area contributed by atoms with Crippen molar-refractivity contribution >= 4 is 5.91 Å². The number of amides is 1. The van der Waals surface area contributed by atoms with E-state index in [0.717, 1.165) is 13.1 Å². The summed E-state index contributed by atoms with van der Waals surface area (Å²) in [6, 6.07) is 0.465. The molecular formula is C8H16N2O2. The summed E-state index contributed by atoms with van der Waals surface area (Å²) >= 11 is 0. The third-order valence-corrected chi connectivity index (χ3v) is 2.26. The molecular weight excluding hydrogens is 156 g/mol. The molecule has 1 N–H and O–H groups in total. The van der Waals surface area contributed by atoms with Crippen LogP contribution in [-0.2, 0) is 4.79 Å². The van der Waals surface area contributed by atoms with Crippen LogP contribution in [0.5, 0.6) is 0 Å². The first kappa shape index (κ1) is 9.48. The van der Waals surface area contributed by atoms with Gasteiger partial charge in [0.2, 0.25) is 0 Å². The molecule has 0 aromatic carbocycles. The summed E-state index contributed by atoms with van der Waals surface area (Å²) in [4.78, 5) is 14.9. The minimum atomic E-state index is -0.854. The first-order chi connectivity index (χ1) is 5.52. The predicted octanol–water partition coefficient (Wildman–Crippen LogP) is -0.860. The van der Waals surface area contributed by atoms with Crippen LogP contribution in [0.15, 0.2) is 0 Å². The van der Waals surface area contributed by atoms with Gasteiger partial charge in [0.1, 0.15) is 6.10 Å². The highest BCUT2D eigenvalue weighted by Gasteiger charge is 2.33. The van der Waals surface area contributed by atoms with E-state index in [0.29, 0.717) is 6.04 Å². The van der Waals surface area contributed by atoms with Crippen molar-refractivity contribution in [3.63, 3.8) is 0 Å². The van der Waals surface area contributed by atoms with Crippen LogP contribution >= 0.6 is 0 Å². The average Bonchev–Trinajstić information content (AvgIpc) is 1.82. The zero-order chi connectivity index (χ0) is 9.30. The highest BCUT2D eigenvalue weighted by molar-refractivity contribution is 5.81. The second-order valence-electron chi connectivity index (χ2n) is 3.54. The van der Waals surface area contributed by atoms with Crippen LogP contribution in [-0.4, -0.2) is 60.1 Å². The molecule has 4 heteroatoms. The van der Waals surface area contributed by atoms with Crippen molar-refractivity contribution in [2.45, 2.75) is 19.1 Å². The van der Waals surface area contributed by atoms with Gasteiger partial charge in [0, 0.05) is 19.1 Å². The Morgan fingerprint density at radius 1 is 1.58 bits per heavy atom. The minimum absolute atomic E-state index is 0.159. The van der Waals surface area contributed by atoms with Crippen LogP contribution in [0, 0.1) is 0 Å². The van der Waals surface area contributed by atoms with Crippen molar-refractivity contribution in [1.82, 2.24) is 9.80 Å². The van der Waals surface area contributed by atoms with Gasteiger partial charge in [-0.1, -0.05) is 0 Å². The number of carbonyl (C=O) groups excluding carboxylic acids is 1. The molecule has 0 unspecified atom stereocenters. The van der Waals surface area contributed by atoms with Crippen molar-refractivity contribution in [1.29, 1.82) is 0 Å². The number of hydrogen-bond acceptors (Lipinski definition) is 3. The maximum atomic E-state index is 11.2. The molecule has 1 fully saturated rings. The van der Waals surface area contributed by atoms with Gasteiger partial charge in [0.25, 0.3) is 5.91 Å². The second-order valence-corrected chi connectivity index (χ2v) is 3.54. The van der Waals surface area contributed by atoms with Crippen molar-refractivity contribution in [3.8, 4) is 0 Å². The van der Waals surface area contributed by atoms with Crippen molar-refractivity contribution in [3.05, 3.63) is 0 Å². The van der Waals surface area contributed by atoms with Gasteiger partial charge in [-0.25, -0.2) is 0 Å². The number of hydrogen-bond donors (Lipinski definition) is 1. The van der Waals surface area contributed by atoms with Crippen LogP contribution in [0.25, 0.3) is 0 Å². The van der Waals surface area contributed by atoms with Crippen molar-refractivity contribution < 1.29 is 9.90 Å². The normalized spacial score (nSPS) is 20.9. The monoisotopic (exact) mass is 172 g/mol. The number of aliphatic hydroxyl groups is 1. The van der Waals surface area contributed by atoms with Gasteiger partial charge < -0.3 is 14.9 Å². The Kier molecular flexibility index (Phi) is 2.69. The number of likely N-dealkylation sites (tertiary alicyclic amines) is 1. The van der Waals surface area contributed by atoms with Crippen LogP contribution in [0.2, 0.25) is 0 Å². The number of nitrogens with zero attached hydrogens (tertiary/aromatic N) is 2. The summed E-state index contributed by atoms with van der Waals surface area (Å²) in [6.45, 7) is 3.00. The molecule has 0 aromatic heterocycles. The van der Waals surface area contributed by atoms with Gasteiger partial charge in [-0.15, -0.1) is 0 Å². The van der Waals surface area contributed by atoms with Gasteiger partial charge in [0.05, 0.1) is 0 Å². The fraction of sp³-hybridized carbons (Fsp3) is 0.875. The lowest BCUT2D eigenvalue weighted by Crippen LogP contribution is -2.60. The number of aliphatic hydroxyl groups excluding tert-OH is 1. The lowest BCUT2D eigenvalue weighted by atomic mass is 10.1. The Morgan fingerprint density at radius 3 is 2.42 bits per heavy atom. The average molecular weight is 172 g/mol. The first-order valence-electron chi connectivity index (χ1n) is 4.15. The molecule has 1 atom stereocenters. The summed E-state index contributed by atoms with van der Waals surface area (Å²) in [5.41, 5.74) is 0. The van der Waals surface area contributed by atoms with E-state index in [-0.39, 0.29) is 5.91 Å². The summed E-state index contributed by atoms with van der Waals surface area (Å²) in [5, 5.41) is 8.98. The van der Waals surface area contributed by atoms with E-state index in [2.05, 4.69) is 4.90 Å². The molecule has 0 spiro atoms. The fourth-order valence-corrected chi connectivity index (χ4v) is 1.23. The molecule has 0 radical (unpaired) electrons. The molecule has 12 heavy (non-hydrogen) atoms. The Morgan fingerprint density at radius 2 is 2.08 bits per heavy atom. The largest absolute Gasteiger partial charge is 0.384 e. The second kappa shape index (κ2) is 3.41. The highest BCUT2D eigenvalue weighted by Crippen LogP contribution is 2.13. The van der Waals surface area contributed by atoms with Crippen molar-refractivity contribution in [2.75, 3.05) is 27.2 Å². The van der Waals surface area contributed by atoms with Gasteiger partial charge in [-0.3, -0.25) is 4.79 Å². The Labute approximate surface area is 72.8 Å². The van der Waals surface area contributed by atoms with Crippen LogP contribution < -0.4 is 0 Å². The smallest absolute Gasteiger partial charge is 0.251 e. The van der Waals surface area contributed by atoms with E-state index >= 15 is 0 Å². The maximum Gasteiger partial charge on any atom is 0.251 e. The third kappa shape index (κ3) is 1.76. The van der Waals surface area contributed by atoms with Gasteiger partial charge in [0.15, 0.2) is 0 Å². The topological polar surface area (TPSA) is 43.8 Å².